The van der Waals surface area contributed by atoms with Crippen molar-refractivity contribution in [2.75, 3.05) is 12.4 Å². The van der Waals surface area contributed by atoms with Crippen LogP contribution in [0.25, 0.3) is 0 Å². The van der Waals surface area contributed by atoms with Crippen LogP contribution in [0.15, 0.2) is 42.5 Å². The molecule has 1 unspecified atom stereocenters. The number of aryl methyl sites for hydroxylation is 2. The Morgan fingerprint density at radius 2 is 1.64 bits per heavy atom. The summed E-state index contributed by atoms with van der Waals surface area (Å²) >= 11 is 5.55. The van der Waals surface area contributed by atoms with Gasteiger partial charge in [-0.05, 0) is 79.4 Å². The lowest BCUT2D eigenvalue weighted by Gasteiger charge is -2.23. The molecule has 2 aromatic carbocycles. The Kier molecular flexibility index (Phi) is 6.82. The monoisotopic (exact) mass is 356 g/mol. The molecule has 4 heteroatoms. The molecule has 1 atom stereocenters. The van der Waals surface area contributed by atoms with Crippen molar-refractivity contribution in [2.45, 2.75) is 40.2 Å². The van der Waals surface area contributed by atoms with E-state index >= 15 is 0 Å². The molecule has 0 saturated carbocycles. The van der Waals surface area contributed by atoms with E-state index in [1.165, 1.54) is 16.7 Å². The Hall–Kier alpha value is -2.07. The van der Waals surface area contributed by atoms with Gasteiger partial charge in [0, 0.05) is 5.69 Å². The summed E-state index contributed by atoms with van der Waals surface area (Å²) in [7, 11) is 1.68. The van der Waals surface area contributed by atoms with Crippen LogP contribution in [0.1, 0.15) is 43.0 Å². The second kappa shape index (κ2) is 8.86. The number of thiocarbonyl (C=S) groups is 1. The first kappa shape index (κ1) is 19.3. The number of benzene rings is 2. The Morgan fingerprint density at radius 1 is 1.04 bits per heavy atom. The molecule has 0 spiro atoms. The zero-order valence-electron chi connectivity index (χ0n) is 15.7. The average Bonchev–Trinajstić information content (AvgIpc) is 2.53. The van der Waals surface area contributed by atoms with E-state index in [0.717, 1.165) is 17.9 Å². The molecule has 0 bridgehead atoms. The maximum atomic E-state index is 5.55. The summed E-state index contributed by atoms with van der Waals surface area (Å²) in [5.74, 6) is 1.42. The molecule has 134 valence electrons. The van der Waals surface area contributed by atoms with Gasteiger partial charge in [0.15, 0.2) is 5.11 Å². The van der Waals surface area contributed by atoms with Gasteiger partial charge in [0.05, 0.1) is 13.2 Å². The van der Waals surface area contributed by atoms with Gasteiger partial charge in [-0.2, -0.15) is 0 Å². The molecule has 0 amide bonds. The summed E-state index contributed by atoms with van der Waals surface area (Å²) in [4.78, 5) is 0. The minimum Gasteiger partial charge on any atom is -0.497 e. The fraction of sp³-hybridized carbons (Fsp3) is 0.381. The van der Waals surface area contributed by atoms with E-state index in [2.05, 4.69) is 68.7 Å². The number of hydrogen-bond acceptors (Lipinski definition) is 2. The molecule has 25 heavy (non-hydrogen) atoms. The highest BCUT2D eigenvalue weighted by Gasteiger charge is 2.15. The summed E-state index contributed by atoms with van der Waals surface area (Å²) < 4.78 is 5.25. The Balaban J connectivity index is 2.10. The SMILES string of the molecule is COc1ccc(C(CC(C)C)NC(=S)Nc2cc(C)cc(C)c2)cc1. The molecule has 0 aliphatic rings. The molecule has 0 aliphatic heterocycles. The standard InChI is InChI=1S/C21H28N2OS/c1-14(2)10-20(17-6-8-19(24-5)9-7-17)23-21(25)22-18-12-15(3)11-16(4)13-18/h6-9,11-14,20H,10H2,1-5H3,(H2,22,23,25). The van der Waals surface area contributed by atoms with Gasteiger partial charge in [-0.25, -0.2) is 0 Å². The van der Waals surface area contributed by atoms with Crippen LogP contribution in [0.5, 0.6) is 5.75 Å². The third-order valence-corrected chi connectivity index (χ3v) is 4.23. The van der Waals surface area contributed by atoms with Crippen LogP contribution in [0.3, 0.4) is 0 Å². The second-order valence-electron chi connectivity index (χ2n) is 6.93. The molecule has 2 rings (SSSR count). The van der Waals surface area contributed by atoms with Crippen LogP contribution in [0.4, 0.5) is 5.69 Å². The number of anilines is 1. The van der Waals surface area contributed by atoms with Crippen LogP contribution in [-0.4, -0.2) is 12.2 Å². The maximum Gasteiger partial charge on any atom is 0.171 e. The first-order chi connectivity index (χ1) is 11.9. The Bertz CT molecular complexity index is 690. The summed E-state index contributed by atoms with van der Waals surface area (Å²) in [6, 6.07) is 14.7. The van der Waals surface area contributed by atoms with Crippen LogP contribution in [-0.2, 0) is 0 Å². The van der Waals surface area contributed by atoms with Crippen molar-refractivity contribution in [1.82, 2.24) is 5.32 Å². The van der Waals surface area contributed by atoms with Crippen molar-refractivity contribution < 1.29 is 4.74 Å². The molecule has 2 aromatic rings. The lowest BCUT2D eigenvalue weighted by Crippen LogP contribution is -2.33. The van der Waals surface area contributed by atoms with Crippen molar-refractivity contribution in [1.29, 1.82) is 0 Å². The predicted molar refractivity (Wildman–Crippen MR) is 110 cm³/mol. The van der Waals surface area contributed by atoms with Crippen molar-refractivity contribution in [2.24, 2.45) is 5.92 Å². The van der Waals surface area contributed by atoms with Crippen LogP contribution in [0, 0.1) is 19.8 Å². The fourth-order valence-corrected chi connectivity index (χ4v) is 3.22. The largest absolute Gasteiger partial charge is 0.497 e. The number of hydrogen-bond donors (Lipinski definition) is 2. The van der Waals surface area contributed by atoms with Gasteiger partial charge < -0.3 is 15.4 Å². The number of methoxy groups -OCH3 is 1. The lowest BCUT2D eigenvalue weighted by molar-refractivity contribution is 0.414. The highest BCUT2D eigenvalue weighted by atomic mass is 32.1. The number of ether oxygens (including phenoxy) is 1. The minimum absolute atomic E-state index is 0.164. The maximum absolute atomic E-state index is 5.55. The van der Waals surface area contributed by atoms with Gasteiger partial charge in [-0.15, -0.1) is 0 Å². The Morgan fingerprint density at radius 3 is 2.16 bits per heavy atom. The van der Waals surface area contributed by atoms with Crippen LogP contribution in [0.2, 0.25) is 0 Å². The van der Waals surface area contributed by atoms with Gasteiger partial charge in [0.2, 0.25) is 0 Å². The smallest absolute Gasteiger partial charge is 0.171 e. The summed E-state index contributed by atoms with van der Waals surface area (Å²) in [5.41, 5.74) is 4.67. The second-order valence-corrected chi connectivity index (χ2v) is 7.34. The third kappa shape index (κ3) is 6.05. The first-order valence-corrected chi connectivity index (χ1v) is 9.08. The predicted octanol–water partition coefficient (Wildman–Crippen LogP) is 5.39. The van der Waals surface area contributed by atoms with Gasteiger partial charge in [-0.1, -0.05) is 32.0 Å². The molecule has 0 radical (unpaired) electrons. The quantitative estimate of drug-likeness (QED) is 0.680. The zero-order valence-corrected chi connectivity index (χ0v) is 16.5. The molecular formula is C21H28N2OS. The van der Waals surface area contributed by atoms with Crippen LogP contribution < -0.4 is 15.4 Å². The van der Waals surface area contributed by atoms with Crippen LogP contribution >= 0.6 is 12.2 Å². The van der Waals surface area contributed by atoms with E-state index in [9.17, 15) is 0 Å². The zero-order chi connectivity index (χ0) is 18.4. The minimum atomic E-state index is 0.164. The fourth-order valence-electron chi connectivity index (χ4n) is 2.96. The third-order valence-electron chi connectivity index (χ3n) is 4.01. The molecule has 0 aromatic heterocycles. The normalized spacial score (nSPS) is 11.9. The molecule has 2 N–H and O–H groups in total. The summed E-state index contributed by atoms with van der Waals surface area (Å²) in [5, 5.41) is 7.43. The number of rotatable bonds is 6. The van der Waals surface area contributed by atoms with Crippen molar-refractivity contribution >= 4 is 23.0 Å². The first-order valence-electron chi connectivity index (χ1n) is 8.67. The van der Waals surface area contributed by atoms with E-state index < -0.39 is 0 Å². The van der Waals surface area contributed by atoms with Crippen molar-refractivity contribution in [3.63, 3.8) is 0 Å². The average molecular weight is 357 g/mol. The molecular weight excluding hydrogens is 328 g/mol. The van der Waals surface area contributed by atoms with Gasteiger partial charge in [0.1, 0.15) is 5.75 Å². The molecule has 0 saturated heterocycles. The van der Waals surface area contributed by atoms with Crippen molar-refractivity contribution in [3.05, 3.63) is 59.2 Å². The molecule has 0 aliphatic carbocycles. The van der Waals surface area contributed by atoms with E-state index in [-0.39, 0.29) is 6.04 Å². The summed E-state index contributed by atoms with van der Waals surface area (Å²) in [6.07, 6.45) is 1.00. The highest BCUT2D eigenvalue weighted by molar-refractivity contribution is 7.80. The van der Waals surface area contributed by atoms with Crippen molar-refractivity contribution in [3.8, 4) is 5.75 Å². The van der Waals surface area contributed by atoms with E-state index in [1.807, 2.05) is 12.1 Å². The molecule has 3 nitrogen and oxygen atoms in total. The number of nitrogens with one attached hydrogen (secondary N) is 2. The molecule has 0 heterocycles. The Labute approximate surface area is 156 Å². The highest BCUT2D eigenvalue weighted by Crippen LogP contribution is 2.24. The summed E-state index contributed by atoms with van der Waals surface area (Å²) in [6.45, 7) is 8.62. The van der Waals surface area contributed by atoms with E-state index in [0.29, 0.717) is 11.0 Å². The lowest BCUT2D eigenvalue weighted by atomic mass is 9.97. The molecule has 0 fully saturated rings. The van der Waals surface area contributed by atoms with Gasteiger partial charge in [0.25, 0.3) is 0 Å². The van der Waals surface area contributed by atoms with Gasteiger partial charge in [-0.3, -0.25) is 0 Å². The van der Waals surface area contributed by atoms with E-state index in [4.69, 9.17) is 17.0 Å². The topological polar surface area (TPSA) is 33.3 Å². The van der Waals surface area contributed by atoms with Gasteiger partial charge >= 0.3 is 0 Å². The van der Waals surface area contributed by atoms with E-state index in [1.54, 1.807) is 7.11 Å².